The second-order valence-electron chi connectivity index (χ2n) is 7.33. The highest BCUT2D eigenvalue weighted by Crippen LogP contribution is 2.29. The molecule has 1 aromatic heterocycles. The minimum absolute atomic E-state index is 0. The number of ether oxygens (including phenoxy) is 1. The highest BCUT2D eigenvalue weighted by Gasteiger charge is 2.22. The third-order valence-electron chi connectivity index (χ3n) is 3.58. The van der Waals surface area contributed by atoms with E-state index in [1.54, 1.807) is 13.2 Å². The maximum absolute atomic E-state index is 11.8. The standard InChI is InChI=1S/C18H29N5O2.HI/c1-18(2,3)23-15(24)11-22-17(19-4)21-10-14-7-8-20-16(9-14)25-12-13-5-6-13;/h7-9,13H,5-6,10-12H2,1-4H3,(H,23,24)(H2,19,21,22);1H. The van der Waals surface area contributed by atoms with Gasteiger partial charge in [-0.25, -0.2) is 4.98 Å². The Bertz CT molecular complexity index is 612. The van der Waals surface area contributed by atoms with Gasteiger partial charge in [0.05, 0.1) is 13.2 Å². The third kappa shape index (κ3) is 9.21. The summed E-state index contributed by atoms with van der Waals surface area (Å²) in [6, 6.07) is 3.85. The zero-order chi connectivity index (χ0) is 18.3. The van der Waals surface area contributed by atoms with Crippen LogP contribution in [-0.4, -0.2) is 42.6 Å². The predicted octanol–water partition coefficient (Wildman–Crippen LogP) is 2.07. The lowest BCUT2D eigenvalue weighted by Gasteiger charge is -2.21. The van der Waals surface area contributed by atoms with Crippen LogP contribution in [-0.2, 0) is 11.3 Å². The summed E-state index contributed by atoms with van der Waals surface area (Å²) >= 11 is 0. The number of aliphatic imine (C=N–C) groups is 1. The average molecular weight is 475 g/mol. The minimum Gasteiger partial charge on any atom is -0.477 e. The minimum atomic E-state index is -0.246. The molecule has 1 aliphatic rings. The molecular weight excluding hydrogens is 445 g/mol. The molecule has 0 saturated heterocycles. The molecular formula is C18H30IN5O2. The van der Waals surface area contributed by atoms with Crippen LogP contribution in [0.2, 0.25) is 0 Å². The first kappa shape index (κ1) is 22.5. The van der Waals surface area contributed by atoms with Gasteiger partial charge in [0, 0.05) is 31.4 Å². The van der Waals surface area contributed by atoms with Crippen molar-refractivity contribution in [2.75, 3.05) is 20.2 Å². The maximum Gasteiger partial charge on any atom is 0.239 e. The number of hydrogen-bond acceptors (Lipinski definition) is 4. The molecule has 0 aliphatic heterocycles. The highest BCUT2D eigenvalue weighted by molar-refractivity contribution is 14.0. The van der Waals surface area contributed by atoms with Crippen LogP contribution in [0.25, 0.3) is 0 Å². The van der Waals surface area contributed by atoms with Crippen molar-refractivity contribution in [3.8, 4) is 5.88 Å². The van der Waals surface area contributed by atoms with Crippen LogP contribution < -0.4 is 20.7 Å². The quantitative estimate of drug-likeness (QED) is 0.319. The smallest absolute Gasteiger partial charge is 0.239 e. The number of carbonyl (C=O) groups excluding carboxylic acids is 1. The number of carbonyl (C=O) groups is 1. The van der Waals surface area contributed by atoms with Crippen molar-refractivity contribution in [1.82, 2.24) is 20.9 Å². The monoisotopic (exact) mass is 475 g/mol. The van der Waals surface area contributed by atoms with E-state index in [9.17, 15) is 4.79 Å². The summed E-state index contributed by atoms with van der Waals surface area (Å²) < 4.78 is 5.69. The molecule has 1 amide bonds. The topological polar surface area (TPSA) is 87.6 Å². The third-order valence-corrected chi connectivity index (χ3v) is 3.58. The first-order valence-electron chi connectivity index (χ1n) is 8.69. The van der Waals surface area contributed by atoms with Gasteiger partial charge < -0.3 is 20.7 Å². The maximum atomic E-state index is 11.8. The normalized spacial score (nSPS) is 14.2. The number of guanidine groups is 1. The number of pyridine rings is 1. The summed E-state index contributed by atoms with van der Waals surface area (Å²) in [5.74, 6) is 1.85. The number of hydrogen-bond donors (Lipinski definition) is 3. The van der Waals surface area contributed by atoms with Crippen molar-refractivity contribution < 1.29 is 9.53 Å². The summed E-state index contributed by atoms with van der Waals surface area (Å²) in [7, 11) is 1.67. The van der Waals surface area contributed by atoms with E-state index in [1.165, 1.54) is 12.8 Å². The Morgan fingerprint density at radius 1 is 1.35 bits per heavy atom. The Labute approximate surface area is 172 Å². The number of rotatable bonds is 7. The van der Waals surface area contributed by atoms with E-state index < -0.39 is 0 Å². The van der Waals surface area contributed by atoms with E-state index in [4.69, 9.17) is 4.74 Å². The molecule has 1 saturated carbocycles. The van der Waals surface area contributed by atoms with Crippen LogP contribution in [0.1, 0.15) is 39.2 Å². The van der Waals surface area contributed by atoms with Crippen molar-refractivity contribution in [2.45, 2.75) is 45.7 Å². The van der Waals surface area contributed by atoms with Gasteiger partial charge in [-0.05, 0) is 51.2 Å². The van der Waals surface area contributed by atoms with Gasteiger partial charge in [0.25, 0.3) is 0 Å². The Hall–Kier alpha value is -1.58. The number of nitrogens with one attached hydrogen (secondary N) is 3. The predicted molar refractivity (Wildman–Crippen MR) is 114 cm³/mol. The summed E-state index contributed by atoms with van der Waals surface area (Å²) in [5.41, 5.74) is 0.798. The zero-order valence-corrected chi connectivity index (χ0v) is 18.3. The molecule has 0 aromatic carbocycles. The first-order chi connectivity index (χ1) is 11.9. The van der Waals surface area contributed by atoms with E-state index in [2.05, 4.69) is 25.9 Å². The molecule has 0 atom stereocenters. The van der Waals surface area contributed by atoms with E-state index in [-0.39, 0.29) is 42.0 Å². The lowest BCUT2D eigenvalue weighted by molar-refractivity contribution is -0.121. The number of aromatic nitrogens is 1. The van der Waals surface area contributed by atoms with Crippen molar-refractivity contribution >= 4 is 35.8 Å². The van der Waals surface area contributed by atoms with Gasteiger partial charge in [-0.15, -0.1) is 24.0 Å². The molecule has 0 radical (unpaired) electrons. The van der Waals surface area contributed by atoms with E-state index in [0.29, 0.717) is 24.3 Å². The molecule has 1 aliphatic carbocycles. The molecule has 3 N–H and O–H groups in total. The van der Waals surface area contributed by atoms with Gasteiger partial charge in [0.15, 0.2) is 5.96 Å². The summed E-state index contributed by atoms with van der Waals surface area (Å²) in [6.07, 6.45) is 4.25. The van der Waals surface area contributed by atoms with Gasteiger partial charge in [0.2, 0.25) is 11.8 Å². The fourth-order valence-electron chi connectivity index (χ4n) is 2.16. The molecule has 0 unspecified atom stereocenters. The molecule has 8 heteroatoms. The van der Waals surface area contributed by atoms with Crippen LogP contribution >= 0.6 is 24.0 Å². The van der Waals surface area contributed by atoms with E-state index in [1.807, 2.05) is 32.9 Å². The van der Waals surface area contributed by atoms with Gasteiger partial charge in [0.1, 0.15) is 0 Å². The summed E-state index contributed by atoms with van der Waals surface area (Å²) in [4.78, 5) is 20.2. The number of halogens is 1. The lowest BCUT2D eigenvalue weighted by Crippen LogP contribution is -2.48. The van der Waals surface area contributed by atoms with Crippen LogP contribution in [0.5, 0.6) is 5.88 Å². The second kappa shape index (κ2) is 10.5. The van der Waals surface area contributed by atoms with Crippen LogP contribution in [0.3, 0.4) is 0 Å². The summed E-state index contributed by atoms with van der Waals surface area (Å²) in [5, 5.41) is 9.09. The Balaban J connectivity index is 0.00000338. The average Bonchev–Trinajstić information content (AvgIpc) is 3.36. The van der Waals surface area contributed by atoms with Crippen LogP contribution in [0.4, 0.5) is 0 Å². The lowest BCUT2D eigenvalue weighted by atomic mass is 10.1. The molecule has 1 aromatic rings. The molecule has 1 heterocycles. The van der Waals surface area contributed by atoms with Gasteiger partial charge in [-0.3, -0.25) is 9.79 Å². The first-order valence-corrected chi connectivity index (χ1v) is 8.69. The van der Waals surface area contributed by atoms with Gasteiger partial charge in [-0.1, -0.05) is 0 Å². The molecule has 0 bridgehead atoms. The Morgan fingerprint density at radius 3 is 2.69 bits per heavy atom. The van der Waals surface area contributed by atoms with Crippen molar-refractivity contribution in [3.63, 3.8) is 0 Å². The zero-order valence-electron chi connectivity index (χ0n) is 16.0. The molecule has 1 fully saturated rings. The molecule has 26 heavy (non-hydrogen) atoms. The largest absolute Gasteiger partial charge is 0.477 e. The molecule has 146 valence electrons. The fourth-order valence-corrected chi connectivity index (χ4v) is 2.16. The molecule has 7 nitrogen and oxygen atoms in total. The SMILES string of the molecule is CN=C(NCC(=O)NC(C)(C)C)NCc1ccnc(OCC2CC2)c1.I. The van der Waals surface area contributed by atoms with Gasteiger partial charge >= 0.3 is 0 Å². The van der Waals surface area contributed by atoms with Crippen molar-refractivity contribution in [2.24, 2.45) is 10.9 Å². The molecule has 2 rings (SSSR count). The van der Waals surface area contributed by atoms with Crippen LogP contribution in [0, 0.1) is 5.92 Å². The summed E-state index contributed by atoms with van der Waals surface area (Å²) in [6.45, 7) is 7.33. The van der Waals surface area contributed by atoms with Crippen molar-refractivity contribution in [1.29, 1.82) is 0 Å². The molecule has 0 spiro atoms. The van der Waals surface area contributed by atoms with Gasteiger partial charge in [-0.2, -0.15) is 0 Å². The highest BCUT2D eigenvalue weighted by atomic mass is 127. The van der Waals surface area contributed by atoms with E-state index in [0.717, 1.165) is 12.2 Å². The number of nitrogens with zero attached hydrogens (tertiary/aromatic N) is 2. The number of amides is 1. The second-order valence-corrected chi connectivity index (χ2v) is 7.33. The Kier molecular flexibility index (Phi) is 9.11. The van der Waals surface area contributed by atoms with Crippen molar-refractivity contribution in [3.05, 3.63) is 23.9 Å². The Morgan fingerprint density at radius 2 is 2.08 bits per heavy atom. The van der Waals surface area contributed by atoms with E-state index >= 15 is 0 Å². The van der Waals surface area contributed by atoms with Crippen LogP contribution in [0.15, 0.2) is 23.3 Å². The fraction of sp³-hybridized carbons (Fsp3) is 0.611.